The summed E-state index contributed by atoms with van der Waals surface area (Å²) in [6.45, 7) is 0.464. The van der Waals surface area contributed by atoms with Crippen LogP contribution in [0.3, 0.4) is 0 Å². The molecular formula is C14H12N2O4S. The first-order valence-electron chi connectivity index (χ1n) is 6.34. The Hall–Kier alpha value is -2.28. The summed E-state index contributed by atoms with van der Waals surface area (Å²) in [7, 11) is 0. The second-order valence-corrected chi connectivity index (χ2v) is 5.67. The summed E-state index contributed by atoms with van der Waals surface area (Å²) >= 11 is 1.42. The van der Waals surface area contributed by atoms with E-state index in [9.17, 15) is 14.9 Å². The fourth-order valence-corrected chi connectivity index (χ4v) is 3.34. The van der Waals surface area contributed by atoms with Crippen molar-refractivity contribution in [3.63, 3.8) is 0 Å². The first kappa shape index (κ1) is 13.7. The number of amides is 1. The molecule has 1 aliphatic heterocycles. The minimum absolute atomic E-state index is 0.00732. The number of hydrogen-bond acceptors (Lipinski definition) is 5. The number of hydrogen-bond donors (Lipinski definition) is 0. The summed E-state index contributed by atoms with van der Waals surface area (Å²) < 4.78 is 5.23. The maximum absolute atomic E-state index is 12.0. The van der Waals surface area contributed by atoms with Gasteiger partial charge in [-0.25, -0.2) is 0 Å². The van der Waals surface area contributed by atoms with Crippen LogP contribution in [0.15, 0.2) is 46.9 Å². The van der Waals surface area contributed by atoms with Gasteiger partial charge in [-0.2, -0.15) is 0 Å². The first-order valence-corrected chi connectivity index (χ1v) is 7.39. The zero-order valence-corrected chi connectivity index (χ0v) is 11.8. The minimum atomic E-state index is -0.577. The number of rotatable bonds is 4. The van der Waals surface area contributed by atoms with Gasteiger partial charge in [0.25, 0.3) is 0 Å². The van der Waals surface area contributed by atoms with Crippen molar-refractivity contribution in [1.29, 1.82) is 0 Å². The number of nitrogens with zero attached hydrogens (tertiary/aromatic N) is 2. The van der Waals surface area contributed by atoms with Crippen LogP contribution in [0.4, 0.5) is 5.88 Å². The van der Waals surface area contributed by atoms with E-state index < -0.39 is 4.92 Å². The van der Waals surface area contributed by atoms with Gasteiger partial charge in [-0.05, 0) is 11.6 Å². The standard InChI is InChI=1S/C14H12N2O4S/c17-12-9-21-14(11-6-7-13(20-11)16(18)19)15(12)8-10-4-2-1-3-5-10/h1-7,14H,8-9H2. The lowest BCUT2D eigenvalue weighted by atomic mass is 10.2. The first-order chi connectivity index (χ1) is 10.1. The molecule has 21 heavy (non-hydrogen) atoms. The fourth-order valence-electron chi connectivity index (χ4n) is 2.21. The van der Waals surface area contributed by atoms with Crippen LogP contribution >= 0.6 is 11.8 Å². The molecule has 7 heteroatoms. The predicted molar refractivity (Wildman–Crippen MR) is 77.6 cm³/mol. The number of furan rings is 1. The molecule has 108 valence electrons. The Balaban J connectivity index is 1.83. The largest absolute Gasteiger partial charge is 0.433 e. The number of thioether (sulfide) groups is 1. The average Bonchev–Trinajstić information content (AvgIpc) is 3.08. The van der Waals surface area contributed by atoms with E-state index in [-0.39, 0.29) is 17.2 Å². The molecule has 1 amide bonds. The lowest BCUT2D eigenvalue weighted by Gasteiger charge is -2.22. The quantitative estimate of drug-likeness (QED) is 0.641. The second kappa shape index (κ2) is 5.61. The Labute approximate surface area is 124 Å². The van der Waals surface area contributed by atoms with Gasteiger partial charge in [0.15, 0.2) is 0 Å². The van der Waals surface area contributed by atoms with E-state index in [1.54, 1.807) is 11.0 Å². The lowest BCUT2D eigenvalue weighted by molar-refractivity contribution is -0.402. The third-order valence-electron chi connectivity index (χ3n) is 3.20. The topological polar surface area (TPSA) is 76.6 Å². The van der Waals surface area contributed by atoms with Gasteiger partial charge in [0, 0.05) is 6.54 Å². The summed E-state index contributed by atoms with van der Waals surface area (Å²) in [5.74, 6) is 0.498. The number of nitro groups is 1. The van der Waals surface area contributed by atoms with Gasteiger partial charge in [0.1, 0.15) is 16.1 Å². The Bertz CT molecular complexity index is 671. The highest BCUT2D eigenvalue weighted by Gasteiger charge is 2.35. The number of carbonyl (C=O) groups is 1. The highest BCUT2D eigenvalue weighted by molar-refractivity contribution is 8.00. The van der Waals surface area contributed by atoms with Crippen molar-refractivity contribution in [2.24, 2.45) is 0 Å². The summed E-state index contributed by atoms with van der Waals surface area (Å²) in [6.07, 6.45) is 0. The lowest BCUT2D eigenvalue weighted by Crippen LogP contribution is -2.27. The zero-order valence-electron chi connectivity index (χ0n) is 11.0. The van der Waals surface area contributed by atoms with Crippen molar-refractivity contribution in [3.05, 3.63) is 63.9 Å². The molecule has 1 unspecified atom stereocenters. The molecule has 0 N–H and O–H groups in total. The monoisotopic (exact) mass is 304 g/mol. The third-order valence-corrected chi connectivity index (χ3v) is 4.42. The van der Waals surface area contributed by atoms with E-state index >= 15 is 0 Å². The van der Waals surface area contributed by atoms with Gasteiger partial charge in [0.05, 0.1) is 11.8 Å². The molecule has 1 saturated heterocycles. The van der Waals surface area contributed by atoms with Crippen LogP contribution in [0.25, 0.3) is 0 Å². The molecule has 0 bridgehead atoms. The molecule has 1 aromatic carbocycles. The van der Waals surface area contributed by atoms with Crippen LogP contribution in [0.1, 0.15) is 16.7 Å². The molecule has 0 spiro atoms. The van der Waals surface area contributed by atoms with Gasteiger partial charge in [-0.15, -0.1) is 11.8 Å². The van der Waals surface area contributed by atoms with E-state index in [1.807, 2.05) is 30.3 Å². The van der Waals surface area contributed by atoms with Crippen LogP contribution < -0.4 is 0 Å². The Morgan fingerprint density at radius 1 is 1.29 bits per heavy atom. The van der Waals surface area contributed by atoms with E-state index in [0.29, 0.717) is 18.1 Å². The molecule has 1 aromatic heterocycles. The molecule has 1 aliphatic rings. The van der Waals surface area contributed by atoms with Crippen LogP contribution in [0.2, 0.25) is 0 Å². The van der Waals surface area contributed by atoms with Crippen molar-refractivity contribution in [3.8, 4) is 0 Å². The van der Waals surface area contributed by atoms with Crippen LogP contribution in [0.5, 0.6) is 0 Å². The molecule has 1 atom stereocenters. The molecule has 0 saturated carbocycles. The van der Waals surface area contributed by atoms with E-state index in [4.69, 9.17) is 4.42 Å². The Morgan fingerprint density at radius 2 is 2.05 bits per heavy atom. The normalized spacial score (nSPS) is 18.2. The van der Waals surface area contributed by atoms with Crippen LogP contribution in [-0.4, -0.2) is 21.5 Å². The highest BCUT2D eigenvalue weighted by atomic mass is 32.2. The molecule has 2 aromatic rings. The van der Waals surface area contributed by atoms with Crippen LogP contribution in [0, 0.1) is 10.1 Å². The summed E-state index contributed by atoms with van der Waals surface area (Å²) in [6, 6.07) is 12.5. The molecule has 0 radical (unpaired) electrons. The van der Waals surface area contributed by atoms with Crippen molar-refractivity contribution in [2.45, 2.75) is 11.9 Å². The van der Waals surface area contributed by atoms with Crippen molar-refractivity contribution in [1.82, 2.24) is 4.90 Å². The van der Waals surface area contributed by atoms with Gasteiger partial charge >= 0.3 is 5.88 Å². The summed E-state index contributed by atoms with van der Waals surface area (Å²) in [5.41, 5.74) is 1.01. The second-order valence-electron chi connectivity index (χ2n) is 4.60. The van der Waals surface area contributed by atoms with Crippen LogP contribution in [-0.2, 0) is 11.3 Å². The van der Waals surface area contributed by atoms with Crippen molar-refractivity contribution >= 4 is 23.6 Å². The Kier molecular flexibility index (Phi) is 3.66. The third kappa shape index (κ3) is 2.78. The molecule has 3 rings (SSSR count). The fraction of sp³-hybridized carbons (Fsp3) is 0.214. The minimum Gasteiger partial charge on any atom is -0.403 e. The summed E-state index contributed by atoms with van der Waals surface area (Å²) in [5, 5.41) is 10.4. The van der Waals surface area contributed by atoms with Gasteiger partial charge < -0.3 is 9.32 Å². The number of carbonyl (C=O) groups excluding carboxylic acids is 1. The van der Waals surface area contributed by atoms with E-state index in [0.717, 1.165) is 5.56 Å². The number of benzene rings is 1. The van der Waals surface area contributed by atoms with E-state index in [1.165, 1.54) is 17.8 Å². The van der Waals surface area contributed by atoms with Crippen molar-refractivity contribution < 1.29 is 14.1 Å². The smallest absolute Gasteiger partial charge is 0.403 e. The SMILES string of the molecule is O=C1CSC(c2ccc([N+](=O)[O-])o2)N1Cc1ccccc1. The van der Waals surface area contributed by atoms with Gasteiger partial charge in [0.2, 0.25) is 5.91 Å². The molecule has 2 heterocycles. The van der Waals surface area contributed by atoms with Gasteiger partial charge in [-0.3, -0.25) is 14.9 Å². The Morgan fingerprint density at radius 3 is 2.71 bits per heavy atom. The molecule has 1 fully saturated rings. The zero-order chi connectivity index (χ0) is 14.8. The maximum Gasteiger partial charge on any atom is 0.433 e. The maximum atomic E-state index is 12.0. The summed E-state index contributed by atoms with van der Waals surface area (Å²) in [4.78, 5) is 23.8. The van der Waals surface area contributed by atoms with E-state index in [2.05, 4.69) is 0 Å². The highest BCUT2D eigenvalue weighted by Crippen LogP contribution is 2.41. The van der Waals surface area contributed by atoms with Crippen molar-refractivity contribution in [2.75, 3.05) is 5.75 Å². The van der Waals surface area contributed by atoms with Gasteiger partial charge in [-0.1, -0.05) is 30.3 Å². The average molecular weight is 304 g/mol. The molecule has 0 aliphatic carbocycles. The molecular weight excluding hydrogens is 292 g/mol. The molecule has 6 nitrogen and oxygen atoms in total. The predicted octanol–water partition coefficient (Wildman–Crippen LogP) is 2.96.